The van der Waals surface area contributed by atoms with E-state index in [0.29, 0.717) is 12.5 Å². The average molecular weight is 319 g/mol. The minimum absolute atomic E-state index is 0. The van der Waals surface area contributed by atoms with E-state index in [1.54, 1.807) is 0 Å². The molecule has 0 amide bonds. The predicted octanol–water partition coefficient (Wildman–Crippen LogP) is 2.61. The van der Waals surface area contributed by atoms with Crippen LogP contribution in [0.3, 0.4) is 0 Å². The number of carbonyl (C=O) groups excluding carboxylic acids is 1. The molecule has 0 spiro atoms. The fourth-order valence-electron chi connectivity index (χ4n) is 3.89. The molecule has 0 aromatic rings. The molecule has 0 aromatic heterocycles. The van der Waals surface area contributed by atoms with Gasteiger partial charge in [0.2, 0.25) is 0 Å². The molecule has 2 saturated heterocycles. The number of carbonyl (C=O) groups is 1. The van der Waals surface area contributed by atoms with Gasteiger partial charge in [0.1, 0.15) is 5.54 Å². The second-order valence-electron chi connectivity index (χ2n) is 6.26. The molecule has 1 N–H and O–H groups in total. The van der Waals surface area contributed by atoms with Crippen molar-refractivity contribution in [3.8, 4) is 0 Å². The Morgan fingerprint density at radius 2 is 2.19 bits per heavy atom. The van der Waals surface area contributed by atoms with Crippen molar-refractivity contribution in [3.63, 3.8) is 0 Å². The molecular weight excluding hydrogens is 288 g/mol. The zero-order valence-electron chi connectivity index (χ0n) is 13.5. The molecule has 2 rings (SSSR count). The van der Waals surface area contributed by atoms with Gasteiger partial charge in [0.05, 0.1) is 6.61 Å². The van der Waals surface area contributed by atoms with E-state index in [9.17, 15) is 4.79 Å². The van der Waals surface area contributed by atoms with E-state index in [-0.39, 0.29) is 23.9 Å². The molecule has 2 aliphatic heterocycles. The zero-order chi connectivity index (χ0) is 14.4. The highest BCUT2D eigenvalue weighted by molar-refractivity contribution is 5.85. The Morgan fingerprint density at radius 3 is 2.81 bits per heavy atom. The van der Waals surface area contributed by atoms with Gasteiger partial charge in [-0.15, -0.1) is 12.4 Å². The summed E-state index contributed by atoms with van der Waals surface area (Å²) in [7, 11) is 0. The van der Waals surface area contributed by atoms with E-state index >= 15 is 0 Å². The molecule has 5 heteroatoms. The highest BCUT2D eigenvalue weighted by atomic mass is 35.5. The van der Waals surface area contributed by atoms with Gasteiger partial charge in [0.25, 0.3) is 0 Å². The Morgan fingerprint density at radius 1 is 1.38 bits per heavy atom. The van der Waals surface area contributed by atoms with Gasteiger partial charge >= 0.3 is 5.97 Å². The summed E-state index contributed by atoms with van der Waals surface area (Å²) in [5.74, 6) is 0.704. The molecule has 2 aliphatic rings. The number of piperidine rings is 1. The number of hydrogen-bond acceptors (Lipinski definition) is 4. The first-order chi connectivity index (χ1) is 9.73. The number of hydrogen-bond donors (Lipinski definition) is 1. The van der Waals surface area contributed by atoms with E-state index in [4.69, 9.17) is 4.74 Å². The van der Waals surface area contributed by atoms with Crippen molar-refractivity contribution in [2.24, 2.45) is 5.92 Å². The molecule has 0 aromatic carbocycles. The lowest BCUT2D eigenvalue weighted by Crippen LogP contribution is -2.53. The largest absolute Gasteiger partial charge is 0.465 e. The van der Waals surface area contributed by atoms with Crippen molar-refractivity contribution < 1.29 is 9.53 Å². The Kier molecular flexibility index (Phi) is 7.99. The van der Waals surface area contributed by atoms with E-state index in [2.05, 4.69) is 17.1 Å². The van der Waals surface area contributed by atoms with Crippen LogP contribution in [0.2, 0.25) is 0 Å². The first kappa shape index (κ1) is 18.7. The Balaban J connectivity index is 0.00000220. The monoisotopic (exact) mass is 318 g/mol. The first-order valence-corrected chi connectivity index (χ1v) is 8.36. The van der Waals surface area contributed by atoms with Crippen LogP contribution in [0, 0.1) is 5.92 Å². The Hall–Kier alpha value is -0.320. The summed E-state index contributed by atoms with van der Waals surface area (Å²) in [6, 6.07) is 0. The van der Waals surface area contributed by atoms with Crippen molar-refractivity contribution in [2.75, 3.05) is 32.8 Å². The number of halogens is 1. The second-order valence-corrected chi connectivity index (χ2v) is 6.26. The van der Waals surface area contributed by atoms with Crippen molar-refractivity contribution in [1.82, 2.24) is 10.2 Å². The number of nitrogens with zero attached hydrogens (tertiary/aromatic N) is 1. The van der Waals surface area contributed by atoms with Crippen LogP contribution in [-0.2, 0) is 9.53 Å². The van der Waals surface area contributed by atoms with E-state index < -0.39 is 0 Å². The first-order valence-electron chi connectivity index (χ1n) is 8.36. The summed E-state index contributed by atoms with van der Waals surface area (Å²) < 4.78 is 5.40. The summed E-state index contributed by atoms with van der Waals surface area (Å²) in [5, 5.41) is 3.48. The van der Waals surface area contributed by atoms with Gasteiger partial charge in [-0.3, -0.25) is 9.69 Å². The van der Waals surface area contributed by atoms with Crippen LogP contribution in [0.15, 0.2) is 0 Å². The standard InChI is InChI=1S/C16H30N2O2.ClH/c1-3-8-16(15(19)20-4-2)9-6-11-18(16)13-14-7-5-10-17-12-14;/h14,17H,3-13H2,1-2H3;1H. The van der Waals surface area contributed by atoms with Crippen LogP contribution in [0.1, 0.15) is 52.4 Å². The van der Waals surface area contributed by atoms with Crippen LogP contribution < -0.4 is 5.32 Å². The number of esters is 1. The maximum absolute atomic E-state index is 12.5. The maximum atomic E-state index is 12.5. The minimum Gasteiger partial charge on any atom is -0.465 e. The SMILES string of the molecule is CCCC1(C(=O)OCC)CCCN1CC1CCCNC1.Cl. The van der Waals surface area contributed by atoms with Gasteiger partial charge in [-0.05, 0) is 64.6 Å². The van der Waals surface area contributed by atoms with E-state index in [1.807, 2.05) is 6.92 Å². The van der Waals surface area contributed by atoms with E-state index in [0.717, 1.165) is 51.9 Å². The van der Waals surface area contributed by atoms with Crippen LogP contribution in [0.4, 0.5) is 0 Å². The molecule has 2 unspecified atom stereocenters. The number of likely N-dealkylation sites (tertiary alicyclic amines) is 1. The van der Waals surface area contributed by atoms with Crippen molar-refractivity contribution >= 4 is 18.4 Å². The lowest BCUT2D eigenvalue weighted by Gasteiger charge is -2.39. The fourth-order valence-corrected chi connectivity index (χ4v) is 3.89. The highest BCUT2D eigenvalue weighted by Gasteiger charge is 2.48. The quantitative estimate of drug-likeness (QED) is 0.764. The number of rotatable bonds is 6. The third-order valence-electron chi connectivity index (χ3n) is 4.82. The minimum atomic E-state index is -0.331. The predicted molar refractivity (Wildman–Crippen MR) is 87.9 cm³/mol. The van der Waals surface area contributed by atoms with Crippen LogP contribution in [0.5, 0.6) is 0 Å². The van der Waals surface area contributed by atoms with Crippen molar-refractivity contribution in [2.45, 2.75) is 57.9 Å². The van der Waals surface area contributed by atoms with Gasteiger partial charge in [0.15, 0.2) is 0 Å². The van der Waals surface area contributed by atoms with Crippen molar-refractivity contribution in [1.29, 1.82) is 0 Å². The van der Waals surface area contributed by atoms with E-state index in [1.165, 1.54) is 12.8 Å². The van der Waals surface area contributed by atoms with Crippen LogP contribution in [-0.4, -0.2) is 49.2 Å². The molecule has 0 radical (unpaired) electrons. The van der Waals surface area contributed by atoms with Crippen LogP contribution in [0.25, 0.3) is 0 Å². The molecule has 0 aliphatic carbocycles. The van der Waals surface area contributed by atoms with Crippen LogP contribution >= 0.6 is 12.4 Å². The third kappa shape index (κ3) is 4.33. The molecule has 0 bridgehead atoms. The summed E-state index contributed by atoms with van der Waals surface area (Å²) >= 11 is 0. The Bertz CT molecular complexity index is 321. The average Bonchev–Trinajstić information content (AvgIpc) is 2.85. The molecule has 124 valence electrons. The highest BCUT2D eigenvalue weighted by Crippen LogP contribution is 2.36. The Labute approximate surface area is 135 Å². The summed E-state index contributed by atoms with van der Waals surface area (Å²) in [5.41, 5.74) is -0.331. The topological polar surface area (TPSA) is 41.6 Å². The molecule has 2 fully saturated rings. The normalized spacial score (nSPS) is 29.9. The fraction of sp³-hybridized carbons (Fsp3) is 0.938. The van der Waals surface area contributed by atoms with Gasteiger partial charge in [-0.1, -0.05) is 13.3 Å². The summed E-state index contributed by atoms with van der Waals surface area (Å²) in [4.78, 5) is 15.0. The molecule has 21 heavy (non-hydrogen) atoms. The molecular formula is C16H31ClN2O2. The van der Waals surface area contributed by atoms with Gasteiger partial charge in [-0.25, -0.2) is 0 Å². The molecule has 0 saturated carbocycles. The maximum Gasteiger partial charge on any atom is 0.326 e. The van der Waals surface area contributed by atoms with Crippen molar-refractivity contribution in [3.05, 3.63) is 0 Å². The number of ether oxygens (including phenoxy) is 1. The lowest BCUT2D eigenvalue weighted by atomic mass is 9.89. The van der Waals surface area contributed by atoms with Gasteiger partial charge < -0.3 is 10.1 Å². The third-order valence-corrected chi connectivity index (χ3v) is 4.82. The molecule has 2 heterocycles. The van der Waals surface area contributed by atoms with Gasteiger partial charge in [0, 0.05) is 6.54 Å². The smallest absolute Gasteiger partial charge is 0.326 e. The molecule has 4 nitrogen and oxygen atoms in total. The number of nitrogens with one attached hydrogen (secondary N) is 1. The van der Waals surface area contributed by atoms with Gasteiger partial charge in [-0.2, -0.15) is 0 Å². The second kappa shape index (κ2) is 8.96. The summed E-state index contributed by atoms with van der Waals surface area (Å²) in [6.07, 6.45) is 6.62. The molecule has 2 atom stereocenters. The zero-order valence-corrected chi connectivity index (χ0v) is 14.3. The lowest BCUT2D eigenvalue weighted by molar-refractivity contribution is -0.157. The summed E-state index contributed by atoms with van der Waals surface area (Å²) in [6.45, 7) is 8.90.